The van der Waals surface area contributed by atoms with Gasteiger partial charge in [-0.3, -0.25) is 9.59 Å². The van der Waals surface area contributed by atoms with Gasteiger partial charge in [0, 0.05) is 24.1 Å². The van der Waals surface area contributed by atoms with Gasteiger partial charge in [-0.1, -0.05) is 0 Å². The van der Waals surface area contributed by atoms with Crippen LogP contribution in [0.25, 0.3) is 5.70 Å². The Hall–Kier alpha value is -3.00. The minimum atomic E-state index is -6.31. The summed E-state index contributed by atoms with van der Waals surface area (Å²) < 4.78 is 139. The van der Waals surface area contributed by atoms with Crippen LogP contribution in [0.15, 0.2) is 17.8 Å². The zero-order valence-corrected chi connectivity index (χ0v) is 18.7. The maximum Gasteiger partial charge on any atom is 0.463 e. The number of amides is 2. The number of nitrogens with one attached hydrogen (secondary N) is 1. The molecule has 0 atom stereocenters. The molecule has 0 unspecified atom stereocenters. The van der Waals surface area contributed by atoms with E-state index >= 15 is 0 Å². The molecule has 0 aliphatic carbocycles. The minimum absolute atomic E-state index is 0.141. The van der Waals surface area contributed by atoms with Crippen LogP contribution >= 0.6 is 0 Å². The van der Waals surface area contributed by atoms with Crippen molar-refractivity contribution >= 4 is 17.5 Å². The quantitative estimate of drug-likeness (QED) is 0.523. The van der Waals surface area contributed by atoms with Crippen LogP contribution in [-0.2, 0) is 15.5 Å². The Balaban J connectivity index is 2.34. The third-order valence-corrected chi connectivity index (χ3v) is 5.78. The van der Waals surface area contributed by atoms with Crippen LogP contribution in [0.2, 0.25) is 0 Å². The Morgan fingerprint density at radius 1 is 1.00 bits per heavy atom. The van der Waals surface area contributed by atoms with Crippen LogP contribution in [-0.4, -0.2) is 47.1 Å². The van der Waals surface area contributed by atoms with Crippen LogP contribution in [0, 0.1) is 6.92 Å². The van der Waals surface area contributed by atoms with Crippen molar-refractivity contribution in [1.29, 1.82) is 0 Å². The second-order valence-corrected chi connectivity index (χ2v) is 8.69. The number of rotatable bonds is 4. The Kier molecular flexibility index (Phi) is 6.33. The minimum Gasteiger partial charge on any atom is -0.481 e. The summed E-state index contributed by atoms with van der Waals surface area (Å²) in [7, 11) is 0. The van der Waals surface area contributed by atoms with E-state index in [1.807, 2.05) is 0 Å². The van der Waals surface area contributed by atoms with Crippen molar-refractivity contribution in [2.45, 2.75) is 63.4 Å². The SMILES string of the molecule is Cc1c(C(F)(F)C(F)(F)F)ccc2c1C(N1CCCC1=O)=C(NC(=O)C(F)(F)C(F)(F)F)C(C)(C)O2. The highest BCUT2D eigenvalue weighted by Gasteiger charge is 2.64. The first-order valence-corrected chi connectivity index (χ1v) is 10.2. The molecule has 200 valence electrons. The third kappa shape index (κ3) is 4.25. The zero-order valence-electron chi connectivity index (χ0n) is 18.7. The van der Waals surface area contributed by atoms with Crippen LogP contribution in [0.3, 0.4) is 0 Å². The van der Waals surface area contributed by atoms with Gasteiger partial charge in [0.2, 0.25) is 5.91 Å². The Labute approximate surface area is 197 Å². The molecule has 2 aliphatic rings. The maximum atomic E-state index is 14.3. The first-order chi connectivity index (χ1) is 16.1. The monoisotopic (exact) mass is 536 g/mol. The number of halogens is 10. The fraction of sp³-hybridized carbons (Fsp3) is 0.524. The van der Waals surface area contributed by atoms with E-state index in [9.17, 15) is 53.5 Å². The van der Waals surface area contributed by atoms with Crippen molar-refractivity contribution in [1.82, 2.24) is 10.2 Å². The largest absolute Gasteiger partial charge is 0.481 e. The second-order valence-electron chi connectivity index (χ2n) is 8.69. The lowest BCUT2D eigenvalue weighted by molar-refractivity contribution is -0.289. The van der Waals surface area contributed by atoms with Crippen molar-refractivity contribution in [3.8, 4) is 5.75 Å². The summed E-state index contributed by atoms with van der Waals surface area (Å²) >= 11 is 0. The molecular weight excluding hydrogens is 518 g/mol. The van der Waals surface area contributed by atoms with Crippen LogP contribution in [0.5, 0.6) is 5.75 Å². The number of likely N-dealkylation sites (tertiary alicyclic amines) is 1. The van der Waals surface area contributed by atoms with E-state index in [4.69, 9.17) is 4.74 Å². The molecule has 1 saturated heterocycles. The highest BCUT2D eigenvalue weighted by Crippen LogP contribution is 2.51. The van der Waals surface area contributed by atoms with Crippen molar-refractivity contribution in [2.75, 3.05) is 6.54 Å². The van der Waals surface area contributed by atoms with E-state index in [1.54, 1.807) is 0 Å². The maximum absolute atomic E-state index is 14.3. The van der Waals surface area contributed by atoms with Gasteiger partial charge in [0.25, 0.3) is 0 Å². The smallest absolute Gasteiger partial charge is 0.463 e. The summed E-state index contributed by atoms with van der Waals surface area (Å²) in [5, 5.41) is 1.40. The first-order valence-electron chi connectivity index (χ1n) is 10.2. The average Bonchev–Trinajstić information content (AvgIpc) is 3.12. The van der Waals surface area contributed by atoms with Crippen molar-refractivity contribution < 1.29 is 58.2 Å². The molecule has 0 spiro atoms. The number of carbonyl (C=O) groups is 2. The van der Waals surface area contributed by atoms with E-state index in [0.717, 1.165) is 31.7 Å². The van der Waals surface area contributed by atoms with Crippen molar-refractivity contribution in [3.05, 3.63) is 34.5 Å². The summed E-state index contributed by atoms with van der Waals surface area (Å²) in [5.41, 5.74) is -6.30. The highest BCUT2D eigenvalue weighted by atomic mass is 19.4. The second kappa shape index (κ2) is 8.26. The zero-order chi connectivity index (χ0) is 27.6. The molecule has 2 heterocycles. The normalized spacial score (nSPS) is 18.8. The number of hydrogen-bond acceptors (Lipinski definition) is 3. The lowest BCUT2D eigenvalue weighted by Gasteiger charge is -2.40. The number of alkyl halides is 10. The summed E-state index contributed by atoms with van der Waals surface area (Å²) in [6.45, 7) is 2.87. The molecule has 0 bridgehead atoms. The number of fused-ring (bicyclic) bond motifs is 1. The number of benzene rings is 1. The van der Waals surface area contributed by atoms with Gasteiger partial charge >= 0.3 is 30.1 Å². The molecule has 1 N–H and O–H groups in total. The molecule has 2 amide bonds. The summed E-state index contributed by atoms with van der Waals surface area (Å²) in [6, 6.07) is 1.17. The first kappa shape index (κ1) is 27.6. The fourth-order valence-corrected chi connectivity index (χ4v) is 3.98. The predicted octanol–water partition coefficient (Wildman–Crippen LogP) is 5.42. The molecule has 2 aliphatic heterocycles. The molecule has 1 aromatic rings. The van der Waals surface area contributed by atoms with Gasteiger partial charge in [-0.05, 0) is 44.9 Å². The van der Waals surface area contributed by atoms with Crippen LogP contribution in [0.1, 0.15) is 43.4 Å². The molecule has 36 heavy (non-hydrogen) atoms. The molecule has 0 radical (unpaired) electrons. The summed E-state index contributed by atoms with van der Waals surface area (Å²) in [4.78, 5) is 25.4. The summed E-state index contributed by atoms with van der Waals surface area (Å²) in [5.74, 6) is -15.2. The van der Waals surface area contributed by atoms with Gasteiger partial charge < -0.3 is 15.0 Å². The van der Waals surface area contributed by atoms with Gasteiger partial charge in [-0.15, -0.1) is 0 Å². The highest BCUT2D eigenvalue weighted by molar-refractivity contribution is 5.95. The molecule has 0 aromatic heterocycles. The van der Waals surface area contributed by atoms with Gasteiger partial charge in [-0.2, -0.15) is 43.9 Å². The standard InChI is InChI=1S/C21H18F10N2O3/c1-9-10(18(22,23)20(26,27)28)6-7-11-13(9)14(33-8-4-5-12(33)34)15(17(2,3)36-11)32-16(35)19(24,25)21(29,30)31/h6-7H,4-5,8H2,1-3H3,(H,32,35). The van der Waals surface area contributed by atoms with E-state index < -0.39 is 69.7 Å². The number of carbonyl (C=O) groups excluding carboxylic acids is 2. The molecular formula is C21H18F10N2O3. The van der Waals surface area contributed by atoms with E-state index in [1.165, 1.54) is 5.32 Å². The molecule has 1 fully saturated rings. The lowest BCUT2D eigenvalue weighted by Crippen LogP contribution is -2.54. The summed E-state index contributed by atoms with van der Waals surface area (Å²) in [6.07, 6.45) is -12.3. The van der Waals surface area contributed by atoms with Gasteiger partial charge in [0.1, 0.15) is 11.4 Å². The average molecular weight is 536 g/mol. The van der Waals surface area contributed by atoms with Crippen LogP contribution < -0.4 is 10.1 Å². The molecule has 5 nitrogen and oxygen atoms in total. The van der Waals surface area contributed by atoms with E-state index in [-0.39, 0.29) is 25.1 Å². The van der Waals surface area contributed by atoms with Crippen molar-refractivity contribution in [3.63, 3.8) is 0 Å². The van der Waals surface area contributed by atoms with Crippen molar-refractivity contribution in [2.24, 2.45) is 0 Å². The van der Waals surface area contributed by atoms with Gasteiger partial charge in [-0.25, -0.2) is 0 Å². The van der Waals surface area contributed by atoms with Crippen LogP contribution in [0.4, 0.5) is 43.9 Å². The number of ether oxygens (including phenoxy) is 1. The third-order valence-electron chi connectivity index (χ3n) is 5.78. The topological polar surface area (TPSA) is 58.6 Å². The lowest BCUT2D eigenvalue weighted by atomic mass is 9.88. The number of hydrogen-bond donors (Lipinski definition) is 1. The van der Waals surface area contributed by atoms with E-state index in [2.05, 4.69) is 0 Å². The molecule has 1 aromatic carbocycles. The van der Waals surface area contributed by atoms with E-state index in [0.29, 0.717) is 6.07 Å². The van der Waals surface area contributed by atoms with Gasteiger partial charge in [0.15, 0.2) is 0 Å². The fourth-order valence-electron chi connectivity index (χ4n) is 3.98. The molecule has 3 rings (SSSR count). The van der Waals surface area contributed by atoms with Gasteiger partial charge in [0.05, 0.1) is 11.4 Å². The number of nitrogens with zero attached hydrogens (tertiary/aromatic N) is 1. The molecule has 15 heteroatoms. The Morgan fingerprint density at radius 2 is 1.58 bits per heavy atom. The Morgan fingerprint density at radius 3 is 2.06 bits per heavy atom. The molecule has 0 saturated carbocycles. The predicted molar refractivity (Wildman–Crippen MR) is 103 cm³/mol. The Bertz CT molecular complexity index is 1140.